The molecule has 2 rings (SSSR count). The van der Waals surface area contributed by atoms with Gasteiger partial charge in [-0.1, -0.05) is 50.2 Å². The Morgan fingerprint density at radius 3 is 2.55 bits per heavy atom. The van der Waals surface area contributed by atoms with E-state index < -0.39 is 0 Å². The second-order valence-corrected chi connectivity index (χ2v) is 5.90. The molecule has 0 saturated heterocycles. The summed E-state index contributed by atoms with van der Waals surface area (Å²) in [4.78, 5) is 0. The summed E-state index contributed by atoms with van der Waals surface area (Å²) >= 11 is 0. The first-order valence-electron chi connectivity index (χ1n) is 7.79. The normalized spacial score (nSPS) is 12.0. The molecule has 0 aliphatic rings. The number of ether oxygens (including phenoxy) is 1. The zero-order chi connectivity index (χ0) is 15.9. The second-order valence-electron chi connectivity index (χ2n) is 5.90. The van der Waals surface area contributed by atoms with Crippen LogP contribution >= 0.6 is 0 Å². The van der Waals surface area contributed by atoms with Crippen LogP contribution in [-0.4, -0.2) is 6.61 Å². The maximum Gasteiger partial charge on any atom is 0.119 e. The van der Waals surface area contributed by atoms with E-state index in [-0.39, 0.29) is 5.92 Å². The SMILES string of the molecule is Cc1ccccc1C(C#N)CCOc1cccc(C(C)C)c1. The summed E-state index contributed by atoms with van der Waals surface area (Å²) in [5.74, 6) is 1.25. The van der Waals surface area contributed by atoms with Gasteiger partial charge in [-0.05, 0) is 41.7 Å². The zero-order valence-electron chi connectivity index (χ0n) is 13.5. The smallest absolute Gasteiger partial charge is 0.119 e. The summed E-state index contributed by atoms with van der Waals surface area (Å²) < 4.78 is 5.84. The van der Waals surface area contributed by atoms with Crippen LogP contribution in [-0.2, 0) is 0 Å². The van der Waals surface area contributed by atoms with Crippen LogP contribution in [0, 0.1) is 18.3 Å². The Kier molecular flexibility index (Phi) is 5.61. The van der Waals surface area contributed by atoms with Crippen LogP contribution in [0.2, 0.25) is 0 Å². The van der Waals surface area contributed by atoms with Crippen LogP contribution in [0.3, 0.4) is 0 Å². The molecule has 0 spiro atoms. The molecule has 0 aliphatic carbocycles. The highest BCUT2D eigenvalue weighted by Gasteiger charge is 2.13. The van der Waals surface area contributed by atoms with Gasteiger partial charge >= 0.3 is 0 Å². The summed E-state index contributed by atoms with van der Waals surface area (Å²) in [5, 5.41) is 9.41. The molecular formula is C20H23NO. The van der Waals surface area contributed by atoms with E-state index in [1.807, 2.05) is 43.3 Å². The van der Waals surface area contributed by atoms with E-state index in [2.05, 4.69) is 32.0 Å². The average Bonchev–Trinajstić information content (AvgIpc) is 2.53. The molecule has 0 heterocycles. The molecular weight excluding hydrogens is 270 g/mol. The van der Waals surface area contributed by atoms with Crippen molar-refractivity contribution in [2.24, 2.45) is 0 Å². The van der Waals surface area contributed by atoms with E-state index in [1.54, 1.807) is 0 Å². The number of nitriles is 1. The first-order chi connectivity index (χ1) is 10.6. The van der Waals surface area contributed by atoms with Crippen molar-refractivity contribution in [3.63, 3.8) is 0 Å². The molecule has 0 N–H and O–H groups in total. The van der Waals surface area contributed by atoms with Crippen molar-refractivity contribution in [3.05, 3.63) is 65.2 Å². The van der Waals surface area contributed by atoms with Crippen LogP contribution in [0.4, 0.5) is 0 Å². The maximum atomic E-state index is 9.41. The highest BCUT2D eigenvalue weighted by Crippen LogP contribution is 2.24. The summed E-state index contributed by atoms with van der Waals surface area (Å²) in [6.07, 6.45) is 0.702. The molecule has 0 bridgehead atoms. The Labute approximate surface area is 133 Å². The summed E-state index contributed by atoms with van der Waals surface area (Å²) in [6, 6.07) is 18.7. The van der Waals surface area contributed by atoms with Crippen molar-refractivity contribution in [2.45, 2.75) is 39.0 Å². The van der Waals surface area contributed by atoms with Gasteiger partial charge in [-0.2, -0.15) is 5.26 Å². The molecule has 1 unspecified atom stereocenters. The molecule has 2 aromatic rings. The van der Waals surface area contributed by atoms with Gasteiger partial charge in [0.15, 0.2) is 0 Å². The molecule has 2 heteroatoms. The maximum absolute atomic E-state index is 9.41. The van der Waals surface area contributed by atoms with Gasteiger partial charge in [-0.15, -0.1) is 0 Å². The number of rotatable bonds is 6. The van der Waals surface area contributed by atoms with E-state index in [9.17, 15) is 5.26 Å². The number of nitrogens with zero attached hydrogens (tertiary/aromatic N) is 1. The lowest BCUT2D eigenvalue weighted by Gasteiger charge is -2.14. The Hall–Kier alpha value is -2.27. The Balaban J connectivity index is 1.97. The van der Waals surface area contributed by atoms with Crippen molar-refractivity contribution in [1.82, 2.24) is 0 Å². The second kappa shape index (κ2) is 7.66. The van der Waals surface area contributed by atoms with Crippen LogP contribution in [0.25, 0.3) is 0 Å². The molecule has 0 aromatic heterocycles. The van der Waals surface area contributed by atoms with Gasteiger partial charge in [0.05, 0.1) is 18.6 Å². The third-order valence-corrected chi connectivity index (χ3v) is 3.92. The van der Waals surface area contributed by atoms with Crippen LogP contribution in [0.1, 0.15) is 48.8 Å². The van der Waals surface area contributed by atoms with Gasteiger partial charge in [0.2, 0.25) is 0 Å². The summed E-state index contributed by atoms with van der Waals surface area (Å²) in [6.45, 7) is 6.94. The molecule has 0 saturated carbocycles. The predicted octanol–water partition coefficient (Wildman–Crippen LogP) is 5.19. The van der Waals surface area contributed by atoms with Gasteiger partial charge < -0.3 is 4.74 Å². The molecule has 0 fully saturated rings. The average molecular weight is 293 g/mol. The van der Waals surface area contributed by atoms with Gasteiger partial charge in [0.25, 0.3) is 0 Å². The van der Waals surface area contributed by atoms with Gasteiger partial charge in [-0.25, -0.2) is 0 Å². The number of hydrogen-bond donors (Lipinski definition) is 0. The van der Waals surface area contributed by atoms with Gasteiger partial charge in [0, 0.05) is 6.42 Å². The summed E-state index contributed by atoms with van der Waals surface area (Å²) in [7, 11) is 0. The first kappa shape index (κ1) is 16.1. The monoisotopic (exact) mass is 293 g/mol. The predicted molar refractivity (Wildman–Crippen MR) is 90.2 cm³/mol. The minimum Gasteiger partial charge on any atom is -0.494 e. The number of aryl methyl sites for hydroxylation is 1. The first-order valence-corrected chi connectivity index (χ1v) is 7.79. The number of hydrogen-bond acceptors (Lipinski definition) is 2. The third-order valence-electron chi connectivity index (χ3n) is 3.92. The van der Waals surface area contributed by atoms with Gasteiger partial charge in [-0.3, -0.25) is 0 Å². The molecule has 2 nitrogen and oxygen atoms in total. The lowest BCUT2D eigenvalue weighted by Crippen LogP contribution is -2.06. The van der Waals surface area contributed by atoms with Crippen molar-refractivity contribution in [3.8, 4) is 11.8 Å². The largest absolute Gasteiger partial charge is 0.494 e. The number of benzene rings is 2. The van der Waals surface area contributed by atoms with Crippen LogP contribution in [0.15, 0.2) is 48.5 Å². The highest BCUT2D eigenvalue weighted by molar-refractivity contribution is 5.33. The molecule has 1 atom stereocenters. The molecule has 0 radical (unpaired) electrons. The quantitative estimate of drug-likeness (QED) is 0.733. The molecule has 2 aromatic carbocycles. The third kappa shape index (κ3) is 4.11. The molecule has 114 valence electrons. The van der Waals surface area contributed by atoms with Crippen molar-refractivity contribution in [1.29, 1.82) is 5.26 Å². The molecule has 0 aliphatic heterocycles. The van der Waals surface area contributed by atoms with Crippen LogP contribution < -0.4 is 4.74 Å². The van der Waals surface area contributed by atoms with E-state index >= 15 is 0 Å². The minimum absolute atomic E-state index is 0.116. The highest BCUT2D eigenvalue weighted by atomic mass is 16.5. The van der Waals surface area contributed by atoms with E-state index in [0.717, 1.165) is 16.9 Å². The Morgan fingerprint density at radius 2 is 1.86 bits per heavy atom. The van der Waals surface area contributed by atoms with Crippen molar-refractivity contribution >= 4 is 0 Å². The van der Waals surface area contributed by atoms with Crippen LogP contribution in [0.5, 0.6) is 5.75 Å². The fourth-order valence-electron chi connectivity index (χ4n) is 2.53. The standard InChI is InChI=1S/C20H23NO/c1-15(2)17-8-6-9-19(13-17)22-12-11-18(14-21)20-10-5-4-7-16(20)3/h4-10,13,15,18H,11-12H2,1-3H3. The van der Waals surface area contributed by atoms with E-state index in [1.165, 1.54) is 5.56 Å². The fourth-order valence-corrected chi connectivity index (χ4v) is 2.53. The Bertz CT molecular complexity index is 655. The summed E-state index contributed by atoms with van der Waals surface area (Å²) in [5.41, 5.74) is 3.54. The lowest BCUT2D eigenvalue weighted by molar-refractivity contribution is 0.305. The van der Waals surface area contributed by atoms with Crippen molar-refractivity contribution < 1.29 is 4.74 Å². The molecule has 22 heavy (non-hydrogen) atoms. The molecule has 0 amide bonds. The van der Waals surface area contributed by atoms with E-state index in [4.69, 9.17) is 4.74 Å². The van der Waals surface area contributed by atoms with Crippen molar-refractivity contribution in [2.75, 3.05) is 6.61 Å². The topological polar surface area (TPSA) is 33.0 Å². The van der Waals surface area contributed by atoms with E-state index in [0.29, 0.717) is 18.9 Å². The van der Waals surface area contributed by atoms with Gasteiger partial charge in [0.1, 0.15) is 5.75 Å². The lowest BCUT2D eigenvalue weighted by atomic mass is 9.94. The Morgan fingerprint density at radius 1 is 1.09 bits per heavy atom. The zero-order valence-corrected chi connectivity index (χ0v) is 13.5. The minimum atomic E-state index is -0.116. The fraction of sp³-hybridized carbons (Fsp3) is 0.350.